The van der Waals surface area contributed by atoms with Crippen molar-refractivity contribution in [3.05, 3.63) is 96.1 Å². The van der Waals surface area contributed by atoms with Crippen molar-refractivity contribution >= 4 is 35.0 Å². The number of anilines is 2. The molecule has 0 aliphatic carbocycles. The monoisotopic (exact) mass is 543 g/mol. The fourth-order valence-electron chi connectivity index (χ4n) is 3.87. The van der Waals surface area contributed by atoms with E-state index in [-0.39, 0.29) is 17.6 Å². The van der Waals surface area contributed by atoms with E-state index >= 15 is 0 Å². The Balaban J connectivity index is 1.28. The molecule has 10 nitrogen and oxygen atoms in total. The van der Waals surface area contributed by atoms with Crippen molar-refractivity contribution in [2.75, 3.05) is 23.5 Å². The number of aromatic nitrogens is 3. The fourth-order valence-corrected chi connectivity index (χ4v) is 4.61. The number of benzene rings is 2. The summed E-state index contributed by atoms with van der Waals surface area (Å²) >= 11 is 1.24. The number of carbonyl (C=O) groups excluding carboxylic acids is 2. The van der Waals surface area contributed by atoms with Crippen molar-refractivity contribution in [1.29, 1.82) is 0 Å². The van der Waals surface area contributed by atoms with E-state index in [4.69, 9.17) is 13.6 Å². The van der Waals surface area contributed by atoms with E-state index in [1.54, 1.807) is 67.1 Å². The third-order valence-electron chi connectivity index (χ3n) is 5.79. The second kappa shape index (κ2) is 11.7. The molecule has 2 aromatic carbocycles. The standard InChI is InChI=1S/C28H25N5O5S/c1-18-14-22(24(36-2)15-21(18)30-27(35)19-8-4-3-5-9-19)29-25(34)17-39-28-32-31-26(23-11-7-13-38-23)33(28)16-20-10-6-12-37-20/h3-15H,16-17H2,1-2H3,(H,29,34)(H,30,35). The summed E-state index contributed by atoms with van der Waals surface area (Å²) in [4.78, 5) is 25.5. The number of aryl methyl sites for hydroxylation is 1. The van der Waals surface area contributed by atoms with Crippen LogP contribution in [0.3, 0.4) is 0 Å². The van der Waals surface area contributed by atoms with Gasteiger partial charge in [0.05, 0.1) is 37.6 Å². The van der Waals surface area contributed by atoms with E-state index in [9.17, 15) is 9.59 Å². The van der Waals surface area contributed by atoms with Crippen LogP contribution in [0.4, 0.5) is 11.4 Å². The lowest BCUT2D eigenvalue weighted by molar-refractivity contribution is -0.113. The summed E-state index contributed by atoms with van der Waals surface area (Å²) in [6.45, 7) is 2.22. The largest absolute Gasteiger partial charge is 0.494 e. The molecule has 39 heavy (non-hydrogen) atoms. The summed E-state index contributed by atoms with van der Waals surface area (Å²) < 4.78 is 18.3. The molecule has 5 rings (SSSR count). The molecule has 0 radical (unpaired) electrons. The van der Waals surface area contributed by atoms with Gasteiger partial charge in [0, 0.05) is 17.3 Å². The Labute approximate surface area is 228 Å². The number of ether oxygens (including phenoxy) is 1. The highest BCUT2D eigenvalue weighted by Crippen LogP contribution is 2.32. The van der Waals surface area contributed by atoms with Gasteiger partial charge in [0.15, 0.2) is 10.9 Å². The molecular weight excluding hydrogens is 518 g/mol. The fraction of sp³-hybridized carbons (Fsp3) is 0.143. The van der Waals surface area contributed by atoms with Gasteiger partial charge in [-0.15, -0.1) is 10.2 Å². The molecule has 3 aromatic heterocycles. The number of nitrogens with one attached hydrogen (secondary N) is 2. The average molecular weight is 544 g/mol. The van der Waals surface area contributed by atoms with Gasteiger partial charge in [-0.05, 0) is 55.0 Å². The zero-order chi connectivity index (χ0) is 27.2. The average Bonchev–Trinajstić information content (AvgIpc) is 3.73. The van der Waals surface area contributed by atoms with E-state index in [1.807, 2.05) is 23.6 Å². The van der Waals surface area contributed by atoms with Gasteiger partial charge in [0.2, 0.25) is 11.7 Å². The highest BCUT2D eigenvalue weighted by molar-refractivity contribution is 7.99. The maximum Gasteiger partial charge on any atom is 0.255 e. The molecule has 5 aromatic rings. The van der Waals surface area contributed by atoms with Crippen LogP contribution in [0.25, 0.3) is 11.6 Å². The summed E-state index contributed by atoms with van der Waals surface area (Å²) in [5.41, 5.74) is 2.39. The molecule has 0 atom stereocenters. The highest BCUT2D eigenvalue weighted by atomic mass is 32.2. The number of amides is 2. The Kier molecular flexibility index (Phi) is 7.78. The van der Waals surface area contributed by atoms with E-state index in [0.29, 0.717) is 51.7 Å². The third-order valence-corrected chi connectivity index (χ3v) is 6.76. The molecule has 0 saturated carbocycles. The number of furan rings is 2. The maximum absolute atomic E-state index is 12.9. The number of nitrogens with zero attached hydrogens (tertiary/aromatic N) is 3. The van der Waals surface area contributed by atoms with E-state index in [2.05, 4.69) is 20.8 Å². The summed E-state index contributed by atoms with van der Waals surface area (Å²) in [6.07, 6.45) is 3.16. The first-order valence-electron chi connectivity index (χ1n) is 12.0. The predicted octanol–water partition coefficient (Wildman–Crippen LogP) is 5.48. The molecule has 2 amide bonds. The molecule has 0 bridgehead atoms. The van der Waals surface area contributed by atoms with Crippen molar-refractivity contribution in [1.82, 2.24) is 14.8 Å². The first-order valence-corrected chi connectivity index (χ1v) is 13.0. The van der Waals surface area contributed by atoms with Crippen LogP contribution in [0.2, 0.25) is 0 Å². The van der Waals surface area contributed by atoms with Gasteiger partial charge in [0.25, 0.3) is 5.91 Å². The Bertz CT molecular complexity index is 1560. The van der Waals surface area contributed by atoms with Gasteiger partial charge in [-0.2, -0.15) is 0 Å². The minimum atomic E-state index is -0.258. The van der Waals surface area contributed by atoms with E-state index in [0.717, 1.165) is 5.56 Å². The molecule has 0 spiro atoms. The molecule has 2 N–H and O–H groups in total. The second-order valence-corrected chi connectivity index (χ2v) is 9.42. The molecule has 3 heterocycles. The Morgan fingerprint density at radius 2 is 1.74 bits per heavy atom. The van der Waals surface area contributed by atoms with Crippen LogP contribution in [-0.4, -0.2) is 39.4 Å². The van der Waals surface area contributed by atoms with Crippen LogP contribution in [0.15, 0.2) is 93.2 Å². The zero-order valence-corrected chi connectivity index (χ0v) is 22.0. The molecule has 0 saturated heterocycles. The number of hydrogen-bond donors (Lipinski definition) is 2. The highest BCUT2D eigenvalue weighted by Gasteiger charge is 2.19. The van der Waals surface area contributed by atoms with E-state index in [1.165, 1.54) is 18.9 Å². The Morgan fingerprint density at radius 1 is 0.949 bits per heavy atom. The Hall–Kier alpha value is -4.77. The third kappa shape index (κ3) is 6.04. The summed E-state index contributed by atoms with van der Waals surface area (Å²) in [6, 6.07) is 19.6. The van der Waals surface area contributed by atoms with Crippen molar-refractivity contribution in [2.24, 2.45) is 0 Å². The van der Waals surface area contributed by atoms with Crippen molar-refractivity contribution in [3.8, 4) is 17.3 Å². The minimum absolute atomic E-state index is 0.0726. The van der Waals surface area contributed by atoms with Gasteiger partial charge >= 0.3 is 0 Å². The van der Waals surface area contributed by atoms with Gasteiger partial charge in [-0.25, -0.2) is 0 Å². The molecule has 11 heteroatoms. The quantitative estimate of drug-likeness (QED) is 0.222. The summed E-state index contributed by atoms with van der Waals surface area (Å²) in [7, 11) is 1.51. The topological polar surface area (TPSA) is 124 Å². The van der Waals surface area contributed by atoms with Gasteiger partial charge in [-0.3, -0.25) is 14.2 Å². The van der Waals surface area contributed by atoms with Crippen molar-refractivity contribution in [3.63, 3.8) is 0 Å². The second-order valence-electron chi connectivity index (χ2n) is 8.47. The van der Waals surface area contributed by atoms with Crippen LogP contribution < -0.4 is 15.4 Å². The van der Waals surface area contributed by atoms with Gasteiger partial charge in [-0.1, -0.05) is 30.0 Å². The first kappa shape index (κ1) is 25.9. The van der Waals surface area contributed by atoms with Gasteiger partial charge < -0.3 is 24.2 Å². The van der Waals surface area contributed by atoms with Gasteiger partial charge in [0.1, 0.15) is 11.5 Å². The first-order chi connectivity index (χ1) is 19.0. The molecule has 0 aliphatic rings. The van der Waals surface area contributed by atoms with Crippen LogP contribution in [-0.2, 0) is 11.3 Å². The number of carbonyl (C=O) groups is 2. The van der Waals surface area contributed by atoms with E-state index < -0.39 is 0 Å². The minimum Gasteiger partial charge on any atom is -0.494 e. The molecule has 198 valence electrons. The normalized spacial score (nSPS) is 10.8. The summed E-state index contributed by atoms with van der Waals surface area (Å²) in [5, 5.41) is 14.9. The maximum atomic E-state index is 12.9. The zero-order valence-electron chi connectivity index (χ0n) is 21.2. The SMILES string of the molecule is COc1cc(NC(=O)c2ccccc2)c(C)cc1NC(=O)CSc1nnc(-c2ccco2)n1Cc1ccco1. The number of thioether (sulfide) groups is 1. The smallest absolute Gasteiger partial charge is 0.255 e. The number of rotatable bonds is 10. The molecule has 0 unspecified atom stereocenters. The summed E-state index contributed by atoms with van der Waals surface area (Å²) in [5.74, 6) is 1.81. The molecule has 0 fully saturated rings. The molecule has 0 aliphatic heterocycles. The van der Waals surface area contributed by atoms with Crippen LogP contribution in [0, 0.1) is 6.92 Å². The number of methoxy groups -OCH3 is 1. The lowest BCUT2D eigenvalue weighted by Crippen LogP contribution is -2.16. The molecular formula is C28H25N5O5S. The van der Waals surface area contributed by atoms with Crippen LogP contribution >= 0.6 is 11.8 Å². The predicted molar refractivity (Wildman–Crippen MR) is 147 cm³/mol. The van der Waals surface area contributed by atoms with Crippen molar-refractivity contribution < 1.29 is 23.2 Å². The Morgan fingerprint density at radius 3 is 2.46 bits per heavy atom. The van der Waals surface area contributed by atoms with Crippen LogP contribution in [0.1, 0.15) is 21.7 Å². The van der Waals surface area contributed by atoms with Crippen molar-refractivity contribution in [2.45, 2.75) is 18.6 Å². The van der Waals surface area contributed by atoms with Crippen LogP contribution in [0.5, 0.6) is 5.75 Å². The number of hydrogen-bond acceptors (Lipinski definition) is 8. The lowest BCUT2D eigenvalue weighted by atomic mass is 10.1. The lowest BCUT2D eigenvalue weighted by Gasteiger charge is -2.15.